The highest BCUT2D eigenvalue weighted by molar-refractivity contribution is 6.31. The molecule has 2 aromatic rings. The summed E-state index contributed by atoms with van der Waals surface area (Å²) in [7, 11) is 0. The summed E-state index contributed by atoms with van der Waals surface area (Å²) >= 11 is 5.96. The first-order valence-corrected chi connectivity index (χ1v) is 5.50. The van der Waals surface area contributed by atoms with Gasteiger partial charge in [0.05, 0.1) is 18.6 Å². The highest BCUT2D eigenvalue weighted by Crippen LogP contribution is 2.24. The second-order valence-electron chi connectivity index (χ2n) is 3.72. The zero-order chi connectivity index (χ0) is 12.3. The van der Waals surface area contributed by atoms with Crippen LogP contribution in [0.4, 0.5) is 4.39 Å². The van der Waals surface area contributed by atoms with E-state index in [0.717, 1.165) is 11.1 Å². The number of halogens is 2. The summed E-state index contributed by atoms with van der Waals surface area (Å²) in [5, 5.41) is 0.397. The Morgan fingerprint density at radius 1 is 1.41 bits per heavy atom. The van der Waals surface area contributed by atoms with Crippen LogP contribution in [0.15, 0.2) is 41.2 Å². The Hall–Kier alpha value is -1.36. The molecule has 1 heterocycles. The van der Waals surface area contributed by atoms with E-state index in [2.05, 4.69) is 5.43 Å². The Labute approximate surface area is 103 Å². The van der Waals surface area contributed by atoms with Gasteiger partial charge in [-0.15, -0.1) is 0 Å². The molecular formula is C12H12ClFN2O. The zero-order valence-electron chi connectivity index (χ0n) is 8.99. The van der Waals surface area contributed by atoms with Crippen LogP contribution in [0.5, 0.6) is 0 Å². The van der Waals surface area contributed by atoms with Crippen LogP contribution in [-0.4, -0.2) is 0 Å². The Balaban J connectivity index is 2.19. The van der Waals surface area contributed by atoms with Crippen LogP contribution in [0.25, 0.3) is 0 Å². The third kappa shape index (κ3) is 2.85. The highest BCUT2D eigenvalue weighted by Gasteiger charge is 2.13. The molecule has 1 aromatic carbocycles. The maximum Gasteiger partial charge on any atom is 0.124 e. The maximum atomic E-state index is 12.9. The van der Waals surface area contributed by atoms with E-state index in [1.165, 1.54) is 12.1 Å². The standard InChI is InChI=1S/C12H12ClFN2O/c13-11-6-10(14)2-1-8(11)5-12(16-15)9-3-4-17-7-9/h1-4,6-7,12,16H,5,15H2. The second kappa shape index (κ2) is 5.31. The van der Waals surface area contributed by atoms with Crippen molar-refractivity contribution in [3.8, 4) is 0 Å². The van der Waals surface area contributed by atoms with Crippen LogP contribution in [0.1, 0.15) is 17.2 Å². The molecule has 3 N–H and O–H groups in total. The monoisotopic (exact) mass is 254 g/mol. The molecule has 90 valence electrons. The van der Waals surface area contributed by atoms with Gasteiger partial charge in [0.1, 0.15) is 5.82 Å². The first kappa shape index (κ1) is 12.1. The van der Waals surface area contributed by atoms with E-state index in [0.29, 0.717) is 11.4 Å². The average molecular weight is 255 g/mol. The van der Waals surface area contributed by atoms with Gasteiger partial charge in [-0.2, -0.15) is 0 Å². The number of hydrogen-bond donors (Lipinski definition) is 2. The molecular weight excluding hydrogens is 243 g/mol. The summed E-state index contributed by atoms with van der Waals surface area (Å²) in [5.74, 6) is 5.14. The Morgan fingerprint density at radius 2 is 2.24 bits per heavy atom. The largest absolute Gasteiger partial charge is 0.472 e. The van der Waals surface area contributed by atoms with Crippen molar-refractivity contribution in [2.45, 2.75) is 12.5 Å². The van der Waals surface area contributed by atoms with E-state index < -0.39 is 0 Å². The first-order valence-electron chi connectivity index (χ1n) is 5.13. The predicted octanol–water partition coefficient (Wildman–Crippen LogP) is 2.82. The first-order chi connectivity index (χ1) is 8.20. The van der Waals surface area contributed by atoms with Gasteiger partial charge < -0.3 is 4.42 Å². The normalized spacial score (nSPS) is 12.6. The van der Waals surface area contributed by atoms with Gasteiger partial charge in [0.15, 0.2) is 0 Å². The van der Waals surface area contributed by atoms with Crippen LogP contribution in [0.3, 0.4) is 0 Å². The van der Waals surface area contributed by atoms with Crippen molar-refractivity contribution in [3.05, 3.63) is 58.8 Å². The molecule has 0 aliphatic rings. The average Bonchev–Trinajstić information content (AvgIpc) is 2.81. The van der Waals surface area contributed by atoms with Crippen LogP contribution in [-0.2, 0) is 6.42 Å². The summed E-state index contributed by atoms with van der Waals surface area (Å²) in [5.41, 5.74) is 4.44. The number of rotatable bonds is 4. The number of hydrazine groups is 1. The molecule has 17 heavy (non-hydrogen) atoms. The lowest BCUT2D eigenvalue weighted by atomic mass is 10.0. The minimum atomic E-state index is -0.348. The van der Waals surface area contributed by atoms with Gasteiger partial charge in [-0.05, 0) is 30.2 Å². The van der Waals surface area contributed by atoms with E-state index in [1.807, 2.05) is 6.07 Å². The minimum absolute atomic E-state index is 0.114. The molecule has 1 atom stereocenters. The van der Waals surface area contributed by atoms with Gasteiger partial charge >= 0.3 is 0 Å². The van der Waals surface area contributed by atoms with Crippen LogP contribution >= 0.6 is 11.6 Å². The smallest absolute Gasteiger partial charge is 0.124 e. The number of nitrogens with two attached hydrogens (primary N) is 1. The lowest BCUT2D eigenvalue weighted by Gasteiger charge is -2.14. The van der Waals surface area contributed by atoms with Crippen molar-refractivity contribution in [2.24, 2.45) is 5.84 Å². The minimum Gasteiger partial charge on any atom is -0.472 e. The number of nitrogens with one attached hydrogen (secondary N) is 1. The molecule has 0 aliphatic heterocycles. The quantitative estimate of drug-likeness (QED) is 0.652. The third-order valence-electron chi connectivity index (χ3n) is 2.59. The van der Waals surface area contributed by atoms with Crippen molar-refractivity contribution < 1.29 is 8.81 Å². The molecule has 0 aliphatic carbocycles. The number of benzene rings is 1. The van der Waals surface area contributed by atoms with Crippen LogP contribution in [0, 0.1) is 5.82 Å². The molecule has 0 saturated carbocycles. The van der Waals surface area contributed by atoms with Crippen LogP contribution < -0.4 is 11.3 Å². The van der Waals surface area contributed by atoms with Gasteiger partial charge in [0.25, 0.3) is 0 Å². The molecule has 0 fully saturated rings. The lowest BCUT2D eigenvalue weighted by molar-refractivity contribution is 0.525. The summed E-state index contributed by atoms with van der Waals surface area (Å²) in [4.78, 5) is 0. The molecule has 1 aromatic heterocycles. The molecule has 0 amide bonds. The van der Waals surface area contributed by atoms with Crippen molar-refractivity contribution >= 4 is 11.6 Å². The fourth-order valence-electron chi connectivity index (χ4n) is 1.65. The van der Waals surface area contributed by atoms with Crippen molar-refractivity contribution in [1.29, 1.82) is 0 Å². The predicted molar refractivity (Wildman–Crippen MR) is 63.9 cm³/mol. The molecule has 1 unspecified atom stereocenters. The number of hydrogen-bond acceptors (Lipinski definition) is 3. The van der Waals surface area contributed by atoms with Crippen molar-refractivity contribution in [1.82, 2.24) is 5.43 Å². The summed E-state index contributed by atoms with van der Waals surface area (Å²) < 4.78 is 17.9. The zero-order valence-corrected chi connectivity index (χ0v) is 9.75. The molecule has 0 spiro atoms. The molecule has 2 rings (SSSR count). The SMILES string of the molecule is NNC(Cc1ccc(F)cc1Cl)c1ccoc1. The van der Waals surface area contributed by atoms with E-state index in [-0.39, 0.29) is 11.9 Å². The molecule has 0 bridgehead atoms. The Bertz CT molecular complexity index is 487. The maximum absolute atomic E-state index is 12.9. The van der Waals surface area contributed by atoms with E-state index in [9.17, 15) is 4.39 Å². The van der Waals surface area contributed by atoms with Crippen molar-refractivity contribution in [2.75, 3.05) is 0 Å². The van der Waals surface area contributed by atoms with Gasteiger partial charge in [0.2, 0.25) is 0 Å². The molecule has 0 saturated heterocycles. The summed E-state index contributed by atoms with van der Waals surface area (Å²) in [6.45, 7) is 0. The van der Waals surface area contributed by atoms with Gasteiger partial charge in [-0.1, -0.05) is 17.7 Å². The summed E-state index contributed by atoms with van der Waals surface area (Å²) in [6.07, 6.45) is 3.75. The highest BCUT2D eigenvalue weighted by atomic mass is 35.5. The number of furan rings is 1. The lowest BCUT2D eigenvalue weighted by Crippen LogP contribution is -2.29. The van der Waals surface area contributed by atoms with Crippen molar-refractivity contribution in [3.63, 3.8) is 0 Å². The Morgan fingerprint density at radius 3 is 2.82 bits per heavy atom. The topological polar surface area (TPSA) is 51.2 Å². The Kier molecular flexibility index (Phi) is 3.78. The van der Waals surface area contributed by atoms with Gasteiger partial charge in [-0.3, -0.25) is 11.3 Å². The molecule has 3 nitrogen and oxygen atoms in total. The van der Waals surface area contributed by atoms with Gasteiger partial charge in [0, 0.05) is 10.6 Å². The van der Waals surface area contributed by atoms with Gasteiger partial charge in [-0.25, -0.2) is 4.39 Å². The van der Waals surface area contributed by atoms with E-state index in [4.69, 9.17) is 21.9 Å². The second-order valence-corrected chi connectivity index (χ2v) is 4.12. The fraction of sp³-hybridized carbons (Fsp3) is 0.167. The fourth-order valence-corrected chi connectivity index (χ4v) is 1.90. The molecule has 5 heteroatoms. The van der Waals surface area contributed by atoms with E-state index in [1.54, 1.807) is 18.6 Å². The summed E-state index contributed by atoms with van der Waals surface area (Å²) in [6, 6.07) is 6.03. The van der Waals surface area contributed by atoms with Crippen LogP contribution in [0.2, 0.25) is 5.02 Å². The molecule has 0 radical (unpaired) electrons. The third-order valence-corrected chi connectivity index (χ3v) is 2.94. The van der Waals surface area contributed by atoms with E-state index >= 15 is 0 Å².